The van der Waals surface area contributed by atoms with Gasteiger partial charge in [0.15, 0.2) is 0 Å². The molecule has 0 aromatic heterocycles. The average molecular weight is 280 g/mol. The molecule has 1 aromatic rings. The number of ether oxygens (including phenoxy) is 1. The van der Waals surface area contributed by atoms with E-state index in [9.17, 15) is 14.4 Å². The summed E-state index contributed by atoms with van der Waals surface area (Å²) in [7, 11) is 1.43. The monoisotopic (exact) mass is 280 g/mol. The van der Waals surface area contributed by atoms with Crippen molar-refractivity contribution in [3.8, 4) is 0 Å². The molecule has 7 nitrogen and oxygen atoms in total. The van der Waals surface area contributed by atoms with Gasteiger partial charge in [-0.1, -0.05) is 0 Å². The van der Waals surface area contributed by atoms with E-state index in [-0.39, 0.29) is 31.3 Å². The van der Waals surface area contributed by atoms with Crippen molar-refractivity contribution < 1.29 is 24.2 Å². The highest BCUT2D eigenvalue weighted by Crippen LogP contribution is 2.13. The molecule has 3 N–H and O–H groups in total. The molecule has 1 rings (SSSR count). The SMILES string of the molecule is COCC(=O)Nc1ccc(NC(=O)CCC(=O)O)cc1. The van der Waals surface area contributed by atoms with E-state index in [0.717, 1.165) is 0 Å². The average Bonchev–Trinajstić information content (AvgIpc) is 2.39. The van der Waals surface area contributed by atoms with Gasteiger partial charge in [0.2, 0.25) is 11.8 Å². The fourth-order valence-corrected chi connectivity index (χ4v) is 1.41. The normalized spacial score (nSPS) is 9.85. The molecule has 0 unspecified atom stereocenters. The third-order valence-corrected chi connectivity index (χ3v) is 2.29. The highest BCUT2D eigenvalue weighted by molar-refractivity contribution is 5.94. The topological polar surface area (TPSA) is 105 Å². The Kier molecular flexibility index (Phi) is 6.18. The highest BCUT2D eigenvalue weighted by atomic mass is 16.5. The maximum Gasteiger partial charge on any atom is 0.303 e. The molecule has 0 saturated carbocycles. The number of nitrogens with one attached hydrogen (secondary N) is 2. The molecule has 0 saturated heterocycles. The molecular formula is C13H16N2O5. The first kappa shape index (κ1) is 15.6. The molecule has 0 fully saturated rings. The predicted octanol–water partition coefficient (Wildman–Crippen LogP) is 1.07. The van der Waals surface area contributed by atoms with E-state index in [1.165, 1.54) is 7.11 Å². The van der Waals surface area contributed by atoms with Gasteiger partial charge in [-0.25, -0.2) is 0 Å². The lowest BCUT2D eigenvalue weighted by Crippen LogP contribution is -2.17. The van der Waals surface area contributed by atoms with Gasteiger partial charge >= 0.3 is 5.97 Å². The van der Waals surface area contributed by atoms with E-state index < -0.39 is 5.97 Å². The fraction of sp³-hybridized carbons (Fsp3) is 0.308. The summed E-state index contributed by atoms with van der Waals surface area (Å²) < 4.78 is 4.68. The molecule has 2 amide bonds. The lowest BCUT2D eigenvalue weighted by Gasteiger charge is -2.07. The number of hydrogen-bond acceptors (Lipinski definition) is 4. The second-order valence-electron chi connectivity index (χ2n) is 4.00. The fourth-order valence-electron chi connectivity index (χ4n) is 1.41. The number of hydrogen-bond donors (Lipinski definition) is 3. The smallest absolute Gasteiger partial charge is 0.303 e. The van der Waals surface area contributed by atoms with Crippen molar-refractivity contribution in [3.63, 3.8) is 0 Å². The van der Waals surface area contributed by atoms with Gasteiger partial charge in [0.25, 0.3) is 0 Å². The summed E-state index contributed by atoms with van der Waals surface area (Å²) >= 11 is 0. The van der Waals surface area contributed by atoms with Gasteiger partial charge in [-0.05, 0) is 24.3 Å². The lowest BCUT2D eigenvalue weighted by atomic mass is 10.2. The van der Waals surface area contributed by atoms with Gasteiger partial charge < -0.3 is 20.5 Å². The zero-order valence-corrected chi connectivity index (χ0v) is 11.0. The Balaban J connectivity index is 2.47. The molecule has 0 aliphatic rings. The third kappa shape index (κ3) is 5.96. The molecule has 1 aromatic carbocycles. The van der Waals surface area contributed by atoms with E-state index in [4.69, 9.17) is 5.11 Å². The Morgan fingerprint density at radius 3 is 1.95 bits per heavy atom. The maximum atomic E-state index is 11.4. The van der Waals surface area contributed by atoms with Crippen LogP contribution in [-0.4, -0.2) is 36.6 Å². The Labute approximate surface area is 115 Å². The van der Waals surface area contributed by atoms with Crippen LogP contribution in [0.25, 0.3) is 0 Å². The number of anilines is 2. The van der Waals surface area contributed by atoms with Crippen molar-refractivity contribution in [1.29, 1.82) is 0 Å². The maximum absolute atomic E-state index is 11.4. The number of benzene rings is 1. The molecule has 20 heavy (non-hydrogen) atoms. The van der Waals surface area contributed by atoms with Crippen LogP contribution < -0.4 is 10.6 Å². The molecule has 0 aliphatic heterocycles. The number of methoxy groups -OCH3 is 1. The second-order valence-corrected chi connectivity index (χ2v) is 4.00. The predicted molar refractivity (Wildman–Crippen MR) is 72.4 cm³/mol. The minimum Gasteiger partial charge on any atom is -0.481 e. The third-order valence-electron chi connectivity index (χ3n) is 2.29. The molecule has 0 aliphatic carbocycles. The first-order chi connectivity index (χ1) is 9.51. The van der Waals surface area contributed by atoms with Crippen LogP contribution >= 0.6 is 0 Å². The van der Waals surface area contributed by atoms with E-state index in [2.05, 4.69) is 15.4 Å². The van der Waals surface area contributed by atoms with Crippen molar-refractivity contribution in [2.24, 2.45) is 0 Å². The van der Waals surface area contributed by atoms with Crippen LogP contribution in [-0.2, 0) is 19.1 Å². The summed E-state index contributed by atoms with van der Waals surface area (Å²) in [5.41, 5.74) is 1.11. The molecule has 0 atom stereocenters. The first-order valence-electron chi connectivity index (χ1n) is 5.91. The van der Waals surface area contributed by atoms with Crippen molar-refractivity contribution in [2.75, 3.05) is 24.4 Å². The van der Waals surface area contributed by atoms with Crippen LogP contribution in [0.5, 0.6) is 0 Å². The summed E-state index contributed by atoms with van der Waals surface area (Å²) in [5, 5.41) is 13.6. The van der Waals surface area contributed by atoms with Crippen LogP contribution in [0.4, 0.5) is 11.4 Å². The summed E-state index contributed by atoms with van der Waals surface area (Å²) in [6.45, 7) is -0.0341. The Morgan fingerprint density at radius 2 is 1.50 bits per heavy atom. The number of rotatable bonds is 7. The molecule has 108 valence electrons. The van der Waals surface area contributed by atoms with E-state index >= 15 is 0 Å². The standard InChI is InChI=1S/C13H16N2O5/c1-20-8-12(17)15-10-4-2-9(3-5-10)14-11(16)6-7-13(18)19/h2-5H,6-8H2,1H3,(H,14,16)(H,15,17)(H,18,19). The van der Waals surface area contributed by atoms with Crippen molar-refractivity contribution in [3.05, 3.63) is 24.3 Å². The number of carbonyl (C=O) groups is 3. The minimum atomic E-state index is -1.02. The van der Waals surface area contributed by atoms with Crippen LogP contribution in [0, 0.1) is 0 Å². The van der Waals surface area contributed by atoms with E-state index in [1.807, 2.05) is 0 Å². The molecule has 0 spiro atoms. The van der Waals surface area contributed by atoms with Crippen LogP contribution in [0.15, 0.2) is 24.3 Å². The molecular weight excluding hydrogens is 264 g/mol. The first-order valence-corrected chi connectivity index (χ1v) is 5.91. The van der Waals surface area contributed by atoms with Crippen molar-refractivity contribution in [1.82, 2.24) is 0 Å². The van der Waals surface area contributed by atoms with Gasteiger partial charge in [0, 0.05) is 24.9 Å². The largest absolute Gasteiger partial charge is 0.481 e. The number of amides is 2. The minimum absolute atomic E-state index is 0.0341. The number of aliphatic carboxylic acids is 1. The van der Waals surface area contributed by atoms with E-state index in [1.54, 1.807) is 24.3 Å². The van der Waals surface area contributed by atoms with E-state index in [0.29, 0.717) is 11.4 Å². The summed E-state index contributed by atoms with van der Waals surface area (Å²) in [6, 6.07) is 6.48. The zero-order valence-electron chi connectivity index (χ0n) is 11.0. The molecule has 7 heteroatoms. The highest BCUT2D eigenvalue weighted by Gasteiger charge is 2.06. The second kappa shape index (κ2) is 7.90. The van der Waals surface area contributed by atoms with Gasteiger partial charge in [0.1, 0.15) is 6.61 Å². The summed E-state index contributed by atoms with van der Waals surface area (Å²) in [6.07, 6.45) is -0.293. The van der Waals surface area contributed by atoms with Gasteiger partial charge in [-0.15, -0.1) is 0 Å². The van der Waals surface area contributed by atoms with Crippen LogP contribution in [0.3, 0.4) is 0 Å². The number of carboxylic acids is 1. The van der Waals surface area contributed by atoms with Gasteiger partial charge in [-0.3, -0.25) is 14.4 Å². The summed E-state index contributed by atoms with van der Waals surface area (Å²) in [5.74, 6) is -1.66. The lowest BCUT2D eigenvalue weighted by molar-refractivity contribution is -0.138. The van der Waals surface area contributed by atoms with Gasteiger partial charge in [-0.2, -0.15) is 0 Å². The quantitative estimate of drug-likeness (QED) is 0.693. The van der Waals surface area contributed by atoms with Gasteiger partial charge in [0.05, 0.1) is 6.42 Å². The Bertz CT molecular complexity index is 484. The van der Waals surface area contributed by atoms with Crippen molar-refractivity contribution in [2.45, 2.75) is 12.8 Å². The van der Waals surface area contributed by atoms with Crippen LogP contribution in [0.1, 0.15) is 12.8 Å². The Morgan fingerprint density at radius 1 is 1.00 bits per heavy atom. The zero-order chi connectivity index (χ0) is 15.0. The molecule has 0 radical (unpaired) electrons. The molecule has 0 heterocycles. The molecule has 0 bridgehead atoms. The van der Waals surface area contributed by atoms with Crippen LogP contribution in [0.2, 0.25) is 0 Å². The summed E-state index contributed by atoms with van der Waals surface area (Å²) in [4.78, 5) is 33.0. The van der Waals surface area contributed by atoms with Crippen molar-refractivity contribution >= 4 is 29.2 Å². The number of carboxylic acid groups (broad SMARTS) is 1. The Hall–Kier alpha value is -2.41. The number of carbonyl (C=O) groups excluding carboxylic acids is 2.